The molecule has 1 heteroatoms. The van der Waals surface area contributed by atoms with Crippen LogP contribution in [0.25, 0.3) is 6.08 Å². The summed E-state index contributed by atoms with van der Waals surface area (Å²) in [4.78, 5) is 0. The minimum atomic E-state index is 0.216. The lowest BCUT2D eigenvalue weighted by Gasteiger charge is -2.16. The van der Waals surface area contributed by atoms with Crippen LogP contribution in [0.1, 0.15) is 50.3 Å². The Hall–Kier alpha value is -1.08. The molecular weight excluding hydrogens is 196 g/mol. The van der Waals surface area contributed by atoms with E-state index < -0.39 is 0 Å². The van der Waals surface area contributed by atoms with E-state index in [1.807, 2.05) is 0 Å². The Morgan fingerprint density at radius 2 is 2.00 bits per heavy atom. The first-order valence-corrected chi connectivity index (χ1v) is 6.27. The zero-order valence-electron chi connectivity index (χ0n) is 10.2. The number of benzene rings is 1. The van der Waals surface area contributed by atoms with Gasteiger partial charge in [0.25, 0.3) is 0 Å². The van der Waals surface area contributed by atoms with E-state index in [1.165, 1.54) is 29.5 Å². The normalized spacial score (nSPS) is 18.4. The number of fused-ring (bicyclic) bond motifs is 1. The Labute approximate surface area is 98.1 Å². The summed E-state index contributed by atoms with van der Waals surface area (Å²) < 4.78 is 5.87. The number of hydrogen-bond acceptors (Lipinski definition) is 1. The van der Waals surface area contributed by atoms with E-state index in [4.69, 9.17) is 4.74 Å². The van der Waals surface area contributed by atoms with Gasteiger partial charge in [-0.15, -0.1) is 0 Å². The average Bonchev–Trinajstić information content (AvgIpc) is 2.66. The van der Waals surface area contributed by atoms with E-state index >= 15 is 0 Å². The summed E-state index contributed by atoms with van der Waals surface area (Å²) in [6, 6.07) is 8.56. The van der Waals surface area contributed by atoms with Crippen molar-refractivity contribution in [1.82, 2.24) is 0 Å². The van der Waals surface area contributed by atoms with Crippen LogP contribution in [-0.2, 0) is 4.74 Å². The van der Waals surface area contributed by atoms with Gasteiger partial charge < -0.3 is 4.74 Å². The van der Waals surface area contributed by atoms with E-state index in [-0.39, 0.29) is 6.10 Å². The first-order chi connectivity index (χ1) is 7.86. The lowest BCUT2D eigenvalue weighted by atomic mass is 10.0. The molecule has 0 spiro atoms. The first-order valence-electron chi connectivity index (χ1n) is 6.27. The van der Waals surface area contributed by atoms with Gasteiger partial charge >= 0.3 is 0 Å². The fourth-order valence-electron chi connectivity index (χ4n) is 2.30. The summed E-state index contributed by atoms with van der Waals surface area (Å²) >= 11 is 0. The Kier molecular flexibility index (Phi) is 3.79. The van der Waals surface area contributed by atoms with Crippen molar-refractivity contribution in [2.75, 3.05) is 6.61 Å². The van der Waals surface area contributed by atoms with E-state index in [1.54, 1.807) is 0 Å². The van der Waals surface area contributed by atoms with Gasteiger partial charge in [-0.05, 0) is 36.5 Å². The zero-order valence-corrected chi connectivity index (χ0v) is 10.2. The van der Waals surface area contributed by atoms with Crippen LogP contribution in [0.3, 0.4) is 0 Å². The van der Waals surface area contributed by atoms with Crippen molar-refractivity contribution in [1.29, 1.82) is 0 Å². The summed E-state index contributed by atoms with van der Waals surface area (Å²) in [5, 5.41) is 0. The minimum Gasteiger partial charge on any atom is -0.369 e. The molecule has 1 nitrogen and oxygen atoms in total. The van der Waals surface area contributed by atoms with Crippen molar-refractivity contribution < 1.29 is 4.74 Å². The molecule has 16 heavy (non-hydrogen) atoms. The highest BCUT2D eigenvalue weighted by molar-refractivity contribution is 5.65. The molecule has 1 unspecified atom stereocenters. The summed E-state index contributed by atoms with van der Waals surface area (Å²) in [6.45, 7) is 5.08. The minimum absolute atomic E-state index is 0.216. The first kappa shape index (κ1) is 11.4. The second kappa shape index (κ2) is 5.31. The van der Waals surface area contributed by atoms with Crippen molar-refractivity contribution in [3.63, 3.8) is 0 Å². The second-order valence-corrected chi connectivity index (χ2v) is 4.29. The van der Waals surface area contributed by atoms with Gasteiger partial charge in [-0.25, -0.2) is 0 Å². The van der Waals surface area contributed by atoms with Crippen LogP contribution >= 0.6 is 0 Å². The second-order valence-electron chi connectivity index (χ2n) is 4.29. The smallest absolute Gasteiger partial charge is 0.104 e. The van der Waals surface area contributed by atoms with Gasteiger partial charge in [0.1, 0.15) is 6.10 Å². The van der Waals surface area contributed by atoms with Gasteiger partial charge in [-0.2, -0.15) is 0 Å². The highest BCUT2D eigenvalue weighted by Crippen LogP contribution is 2.39. The molecule has 0 aliphatic heterocycles. The van der Waals surface area contributed by atoms with E-state index in [0.29, 0.717) is 0 Å². The molecule has 0 radical (unpaired) electrons. The Balaban J connectivity index is 2.20. The molecule has 0 saturated heterocycles. The maximum atomic E-state index is 5.87. The molecule has 0 amide bonds. The fourth-order valence-corrected chi connectivity index (χ4v) is 2.30. The maximum absolute atomic E-state index is 5.87. The van der Waals surface area contributed by atoms with Gasteiger partial charge in [0.15, 0.2) is 0 Å². The van der Waals surface area contributed by atoms with Gasteiger partial charge in [0.05, 0.1) is 0 Å². The fraction of sp³-hybridized carbons (Fsp3) is 0.467. The van der Waals surface area contributed by atoms with E-state index in [2.05, 4.69) is 44.2 Å². The lowest BCUT2D eigenvalue weighted by molar-refractivity contribution is 0.0885. The predicted octanol–water partition coefficient (Wildman–Crippen LogP) is 4.35. The molecule has 1 aliphatic carbocycles. The highest BCUT2D eigenvalue weighted by Gasteiger charge is 2.24. The maximum Gasteiger partial charge on any atom is 0.104 e. The van der Waals surface area contributed by atoms with Crippen LogP contribution in [0.4, 0.5) is 0 Å². The van der Waals surface area contributed by atoms with Gasteiger partial charge in [-0.3, -0.25) is 0 Å². The molecule has 0 heterocycles. The molecule has 0 N–H and O–H groups in total. The Bertz CT molecular complexity index is 379. The van der Waals surface area contributed by atoms with Crippen molar-refractivity contribution in [3.8, 4) is 0 Å². The Morgan fingerprint density at radius 3 is 2.75 bits per heavy atom. The molecule has 0 bridgehead atoms. The zero-order chi connectivity index (χ0) is 11.4. The van der Waals surface area contributed by atoms with Crippen molar-refractivity contribution >= 4 is 6.08 Å². The number of unbranched alkanes of at least 4 members (excludes halogenated alkanes) is 1. The Morgan fingerprint density at radius 1 is 1.19 bits per heavy atom. The SMILES string of the molecule is CCCCC1=Cc2ccccc2C1OCC. The number of ether oxygens (including phenoxy) is 1. The van der Waals surface area contributed by atoms with Crippen molar-refractivity contribution in [2.24, 2.45) is 0 Å². The summed E-state index contributed by atoms with van der Waals surface area (Å²) in [5.74, 6) is 0. The molecule has 1 aromatic carbocycles. The third kappa shape index (κ3) is 2.19. The molecule has 0 fully saturated rings. The highest BCUT2D eigenvalue weighted by atomic mass is 16.5. The van der Waals surface area contributed by atoms with Crippen molar-refractivity contribution in [3.05, 3.63) is 41.0 Å². The van der Waals surface area contributed by atoms with Crippen LogP contribution < -0.4 is 0 Å². The summed E-state index contributed by atoms with van der Waals surface area (Å²) in [5.41, 5.74) is 4.13. The number of hydrogen-bond donors (Lipinski definition) is 0. The molecular formula is C15H20O. The van der Waals surface area contributed by atoms with Gasteiger partial charge in [0.2, 0.25) is 0 Å². The van der Waals surface area contributed by atoms with Crippen LogP contribution in [-0.4, -0.2) is 6.61 Å². The van der Waals surface area contributed by atoms with Gasteiger partial charge in [0, 0.05) is 6.61 Å². The molecule has 0 saturated carbocycles. The van der Waals surface area contributed by atoms with Gasteiger partial charge in [-0.1, -0.05) is 43.7 Å². The molecule has 1 atom stereocenters. The van der Waals surface area contributed by atoms with Crippen LogP contribution in [0, 0.1) is 0 Å². The molecule has 86 valence electrons. The van der Waals surface area contributed by atoms with E-state index in [0.717, 1.165) is 13.0 Å². The third-order valence-electron chi connectivity index (χ3n) is 3.11. The van der Waals surface area contributed by atoms with Crippen LogP contribution in [0.15, 0.2) is 29.8 Å². The standard InChI is InChI=1S/C15H20O/c1-3-5-8-13-11-12-9-6-7-10-14(12)15(13)16-4-2/h6-7,9-11,15H,3-5,8H2,1-2H3. The third-order valence-corrected chi connectivity index (χ3v) is 3.11. The predicted molar refractivity (Wildman–Crippen MR) is 68.3 cm³/mol. The van der Waals surface area contributed by atoms with Crippen LogP contribution in [0.2, 0.25) is 0 Å². The average molecular weight is 216 g/mol. The van der Waals surface area contributed by atoms with Crippen LogP contribution in [0.5, 0.6) is 0 Å². The topological polar surface area (TPSA) is 9.23 Å². The lowest BCUT2D eigenvalue weighted by Crippen LogP contribution is -2.04. The molecule has 2 rings (SSSR count). The molecule has 1 aromatic rings. The quantitative estimate of drug-likeness (QED) is 0.711. The van der Waals surface area contributed by atoms with E-state index in [9.17, 15) is 0 Å². The molecule has 0 aromatic heterocycles. The molecule has 1 aliphatic rings. The number of rotatable bonds is 5. The van der Waals surface area contributed by atoms with Crippen molar-refractivity contribution in [2.45, 2.75) is 39.2 Å². The summed E-state index contributed by atoms with van der Waals surface area (Å²) in [7, 11) is 0. The monoisotopic (exact) mass is 216 g/mol. The summed E-state index contributed by atoms with van der Waals surface area (Å²) in [6.07, 6.45) is 6.18. The largest absolute Gasteiger partial charge is 0.369 e.